The minimum Gasteiger partial charge on any atom is -0.394 e. The molecule has 2 rings (SSSR count). The van der Waals surface area contributed by atoms with Gasteiger partial charge >= 0.3 is 0 Å². The van der Waals surface area contributed by atoms with Gasteiger partial charge in [0.05, 0.1) is 16.4 Å². The van der Waals surface area contributed by atoms with Crippen molar-refractivity contribution in [3.05, 3.63) is 24.3 Å². The number of aliphatic hydroxyl groups excluding tert-OH is 4. The Bertz CT molecular complexity index is 788. The maximum Gasteiger partial charge on any atom is 0.238 e. The highest BCUT2D eigenvalue weighted by Crippen LogP contribution is 2.29. The predicted molar refractivity (Wildman–Crippen MR) is 78.8 cm³/mol. The van der Waals surface area contributed by atoms with Gasteiger partial charge in [-0.05, 0) is 24.3 Å². The van der Waals surface area contributed by atoms with Gasteiger partial charge in [-0.2, -0.15) is 0 Å². The first-order valence-electron chi connectivity index (χ1n) is 6.67. The Morgan fingerprint density at radius 2 is 1.42 bits per heavy atom. The highest BCUT2D eigenvalue weighted by atomic mass is 32.2. The second kappa shape index (κ2) is 6.65. The number of sulfonamides is 1. The maximum absolute atomic E-state index is 12.5. The summed E-state index contributed by atoms with van der Waals surface area (Å²) in [4.78, 5) is -0.700. The standard InChI is InChI=1S/C12H17NO9S2/c13-24(20,21)7-3-1-6(2-4-7)23(18,19)12-11(17)10(16)9(15)8(5-14)22-12/h1-4,8-12,14-17H,5H2,(H2,13,20,21)/t8-,9-,10+,11-,12+/m1/s1. The van der Waals surface area contributed by atoms with Gasteiger partial charge in [0, 0.05) is 0 Å². The fourth-order valence-corrected chi connectivity index (χ4v) is 4.39. The number of sulfone groups is 1. The molecule has 0 bridgehead atoms. The van der Waals surface area contributed by atoms with Gasteiger partial charge < -0.3 is 25.2 Å². The number of rotatable bonds is 4. The number of aliphatic hydroxyl groups is 4. The van der Waals surface area contributed by atoms with E-state index in [4.69, 9.17) is 15.0 Å². The SMILES string of the molecule is NS(=O)(=O)c1ccc(S(=O)(=O)[C@@H]2O[C@H](CO)[C@@H](O)[C@H](O)[C@H]2O)cc1. The van der Waals surface area contributed by atoms with Crippen LogP contribution in [0.15, 0.2) is 34.1 Å². The summed E-state index contributed by atoms with van der Waals surface area (Å²) >= 11 is 0. The lowest BCUT2D eigenvalue weighted by atomic mass is 10.0. The van der Waals surface area contributed by atoms with Crippen LogP contribution in [0.1, 0.15) is 0 Å². The lowest BCUT2D eigenvalue weighted by Crippen LogP contribution is -2.60. The second-order valence-corrected chi connectivity index (χ2v) is 8.85. The van der Waals surface area contributed by atoms with Gasteiger partial charge in [-0.25, -0.2) is 22.0 Å². The van der Waals surface area contributed by atoms with Crippen LogP contribution in [0.3, 0.4) is 0 Å². The molecule has 1 aliphatic heterocycles. The van der Waals surface area contributed by atoms with Crippen molar-refractivity contribution in [3.63, 3.8) is 0 Å². The molecule has 0 saturated carbocycles. The highest BCUT2D eigenvalue weighted by Gasteiger charge is 2.49. The number of hydrogen-bond donors (Lipinski definition) is 5. The molecular formula is C12H17NO9S2. The number of ether oxygens (including phenoxy) is 1. The van der Waals surface area contributed by atoms with Crippen LogP contribution in [-0.2, 0) is 24.6 Å². The Morgan fingerprint density at radius 1 is 0.917 bits per heavy atom. The number of nitrogens with two attached hydrogens (primary N) is 1. The van der Waals surface area contributed by atoms with E-state index in [0.29, 0.717) is 0 Å². The first-order valence-corrected chi connectivity index (χ1v) is 9.76. The zero-order chi connectivity index (χ0) is 18.3. The van der Waals surface area contributed by atoms with Crippen molar-refractivity contribution in [1.82, 2.24) is 0 Å². The average molecular weight is 383 g/mol. The van der Waals surface area contributed by atoms with Gasteiger partial charge in [0.2, 0.25) is 19.9 Å². The van der Waals surface area contributed by atoms with E-state index in [2.05, 4.69) is 0 Å². The van der Waals surface area contributed by atoms with Crippen molar-refractivity contribution in [2.45, 2.75) is 39.6 Å². The van der Waals surface area contributed by atoms with E-state index in [-0.39, 0.29) is 9.79 Å². The molecular weight excluding hydrogens is 366 g/mol. The molecule has 24 heavy (non-hydrogen) atoms. The third kappa shape index (κ3) is 3.45. The summed E-state index contributed by atoms with van der Waals surface area (Å²) in [7, 11) is -8.37. The van der Waals surface area contributed by atoms with E-state index in [0.717, 1.165) is 24.3 Å². The summed E-state index contributed by atoms with van der Waals surface area (Å²) < 4.78 is 52.4. The van der Waals surface area contributed by atoms with Crippen LogP contribution >= 0.6 is 0 Å². The van der Waals surface area contributed by atoms with E-state index < -0.39 is 56.3 Å². The molecule has 1 heterocycles. The van der Waals surface area contributed by atoms with Crippen LogP contribution in [0.25, 0.3) is 0 Å². The van der Waals surface area contributed by atoms with Gasteiger partial charge in [-0.15, -0.1) is 0 Å². The van der Waals surface area contributed by atoms with Crippen molar-refractivity contribution in [1.29, 1.82) is 0 Å². The number of primary sulfonamides is 1. The lowest BCUT2D eigenvalue weighted by Gasteiger charge is -2.39. The van der Waals surface area contributed by atoms with Crippen molar-refractivity contribution >= 4 is 19.9 Å². The Morgan fingerprint density at radius 3 is 1.88 bits per heavy atom. The maximum atomic E-state index is 12.5. The monoisotopic (exact) mass is 383 g/mol. The van der Waals surface area contributed by atoms with Crippen LogP contribution in [0.2, 0.25) is 0 Å². The van der Waals surface area contributed by atoms with Crippen LogP contribution in [0.5, 0.6) is 0 Å². The zero-order valence-electron chi connectivity index (χ0n) is 12.1. The first-order chi connectivity index (χ1) is 11.0. The van der Waals surface area contributed by atoms with Gasteiger partial charge in [0.15, 0.2) is 5.44 Å². The van der Waals surface area contributed by atoms with Gasteiger partial charge in [0.25, 0.3) is 0 Å². The fourth-order valence-electron chi connectivity index (χ4n) is 2.28. The largest absolute Gasteiger partial charge is 0.394 e. The third-order valence-electron chi connectivity index (χ3n) is 3.64. The molecule has 0 aliphatic carbocycles. The van der Waals surface area contributed by atoms with Crippen LogP contribution < -0.4 is 5.14 Å². The lowest BCUT2D eigenvalue weighted by molar-refractivity contribution is -0.207. The summed E-state index contributed by atoms with van der Waals surface area (Å²) in [6.45, 7) is -0.776. The topological polar surface area (TPSA) is 184 Å². The summed E-state index contributed by atoms with van der Waals surface area (Å²) in [6.07, 6.45) is -6.89. The minimum atomic E-state index is -4.36. The molecule has 1 fully saturated rings. The van der Waals surface area contributed by atoms with Gasteiger partial charge in [-0.1, -0.05) is 0 Å². The molecule has 0 radical (unpaired) electrons. The number of hydrogen-bond acceptors (Lipinski definition) is 9. The summed E-state index contributed by atoms with van der Waals surface area (Å²) in [5.41, 5.74) is -1.95. The number of benzene rings is 1. The Hall–Kier alpha value is -1.12. The van der Waals surface area contributed by atoms with Crippen molar-refractivity contribution in [2.75, 3.05) is 6.61 Å². The van der Waals surface area contributed by atoms with Crippen molar-refractivity contribution in [2.24, 2.45) is 5.14 Å². The molecule has 0 aromatic heterocycles. The fraction of sp³-hybridized carbons (Fsp3) is 0.500. The molecule has 10 nitrogen and oxygen atoms in total. The molecule has 6 N–H and O–H groups in total. The first kappa shape index (κ1) is 19.2. The molecule has 1 saturated heterocycles. The molecule has 12 heteroatoms. The molecule has 1 aromatic rings. The average Bonchev–Trinajstić information content (AvgIpc) is 2.52. The summed E-state index contributed by atoms with van der Waals surface area (Å²) in [5, 5.41) is 43.2. The Kier molecular flexibility index (Phi) is 5.32. The Labute approximate surface area is 138 Å². The van der Waals surface area contributed by atoms with E-state index in [1.54, 1.807) is 0 Å². The zero-order valence-corrected chi connectivity index (χ0v) is 13.8. The third-order valence-corrected chi connectivity index (χ3v) is 6.50. The van der Waals surface area contributed by atoms with E-state index >= 15 is 0 Å². The molecule has 1 aliphatic rings. The predicted octanol–water partition coefficient (Wildman–Crippen LogP) is -3.09. The molecule has 1 aromatic carbocycles. The smallest absolute Gasteiger partial charge is 0.238 e. The van der Waals surface area contributed by atoms with Crippen molar-refractivity contribution < 1.29 is 42.0 Å². The molecule has 5 atom stereocenters. The van der Waals surface area contributed by atoms with E-state index in [1.807, 2.05) is 0 Å². The minimum absolute atomic E-state index is 0.310. The quantitative estimate of drug-likeness (QED) is 0.359. The highest BCUT2D eigenvalue weighted by molar-refractivity contribution is 7.92. The van der Waals surface area contributed by atoms with Gasteiger partial charge in [0.1, 0.15) is 24.4 Å². The second-order valence-electron chi connectivity index (χ2n) is 5.26. The molecule has 136 valence electrons. The van der Waals surface area contributed by atoms with E-state index in [1.165, 1.54) is 0 Å². The van der Waals surface area contributed by atoms with Crippen LogP contribution in [-0.4, -0.2) is 73.7 Å². The summed E-state index contributed by atoms with van der Waals surface area (Å²) in [6, 6.07) is 3.84. The normalized spacial score (nSPS) is 31.8. The van der Waals surface area contributed by atoms with E-state index in [9.17, 15) is 32.2 Å². The van der Waals surface area contributed by atoms with Crippen molar-refractivity contribution in [3.8, 4) is 0 Å². The van der Waals surface area contributed by atoms with Crippen LogP contribution in [0, 0.1) is 0 Å². The molecule has 0 unspecified atom stereocenters. The van der Waals surface area contributed by atoms with Crippen LogP contribution in [0.4, 0.5) is 0 Å². The molecule has 0 amide bonds. The Balaban J connectivity index is 2.39. The molecule has 0 spiro atoms. The van der Waals surface area contributed by atoms with Gasteiger partial charge in [-0.3, -0.25) is 0 Å². The summed E-state index contributed by atoms with van der Waals surface area (Å²) in [5.74, 6) is 0.